The Labute approximate surface area is 130 Å². The van der Waals surface area contributed by atoms with Gasteiger partial charge >= 0.3 is 6.03 Å². The molecular formula is C16H20N4O2. The van der Waals surface area contributed by atoms with Crippen LogP contribution in [-0.2, 0) is 0 Å². The summed E-state index contributed by atoms with van der Waals surface area (Å²) >= 11 is 0. The van der Waals surface area contributed by atoms with Crippen LogP contribution in [-0.4, -0.2) is 54.0 Å². The zero-order valence-electron chi connectivity index (χ0n) is 12.9. The summed E-state index contributed by atoms with van der Waals surface area (Å²) in [4.78, 5) is 27.8. The van der Waals surface area contributed by atoms with Gasteiger partial charge in [0, 0.05) is 37.8 Å². The second kappa shape index (κ2) is 6.94. The van der Waals surface area contributed by atoms with E-state index in [1.54, 1.807) is 34.1 Å². The maximum Gasteiger partial charge on any atom is 0.317 e. The summed E-state index contributed by atoms with van der Waals surface area (Å²) in [6.45, 7) is 5.87. The predicted octanol–water partition coefficient (Wildman–Crippen LogP) is 1.43. The van der Waals surface area contributed by atoms with Crippen molar-refractivity contribution in [2.45, 2.75) is 19.9 Å². The molecule has 22 heavy (non-hydrogen) atoms. The number of benzene rings is 1. The van der Waals surface area contributed by atoms with Crippen molar-refractivity contribution in [2.75, 3.05) is 26.2 Å². The molecule has 0 atom stereocenters. The van der Waals surface area contributed by atoms with E-state index in [-0.39, 0.29) is 18.0 Å². The van der Waals surface area contributed by atoms with E-state index in [2.05, 4.69) is 5.32 Å². The number of piperazine rings is 1. The number of carbonyl (C=O) groups excluding carboxylic acids is 2. The molecule has 0 saturated carbocycles. The molecule has 2 rings (SSSR count). The molecule has 0 radical (unpaired) electrons. The van der Waals surface area contributed by atoms with Gasteiger partial charge in [0.15, 0.2) is 0 Å². The van der Waals surface area contributed by atoms with Crippen LogP contribution in [0.15, 0.2) is 24.3 Å². The van der Waals surface area contributed by atoms with Crippen molar-refractivity contribution in [3.8, 4) is 6.07 Å². The minimum atomic E-state index is -0.0963. The number of nitriles is 1. The van der Waals surface area contributed by atoms with Crippen LogP contribution in [0.25, 0.3) is 0 Å². The van der Waals surface area contributed by atoms with Gasteiger partial charge in [0.25, 0.3) is 5.91 Å². The zero-order chi connectivity index (χ0) is 16.1. The molecule has 0 bridgehead atoms. The molecule has 3 amide bonds. The van der Waals surface area contributed by atoms with Crippen LogP contribution in [0.2, 0.25) is 0 Å². The molecule has 1 heterocycles. The normalized spacial score (nSPS) is 14.6. The minimum absolute atomic E-state index is 0.0893. The Balaban J connectivity index is 1.95. The lowest BCUT2D eigenvalue weighted by Gasteiger charge is -2.35. The monoisotopic (exact) mass is 300 g/mol. The molecule has 1 aromatic rings. The van der Waals surface area contributed by atoms with Gasteiger partial charge in [-0.3, -0.25) is 4.79 Å². The largest absolute Gasteiger partial charge is 0.336 e. The maximum absolute atomic E-state index is 12.4. The van der Waals surface area contributed by atoms with E-state index in [9.17, 15) is 9.59 Å². The molecule has 0 aliphatic carbocycles. The summed E-state index contributed by atoms with van der Waals surface area (Å²) < 4.78 is 0. The number of nitrogens with zero attached hydrogens (tertiary/aromatic N) is 3. The second-order valence-electron chi connectivity index (χ2n) is 5.58. The van der Waals surface area contributed by atoms with Crippen molar-refractivity contribution in [3.63, 3.8) is 0 Å². The molecule has 1 fully saturated rings. The summed E-state index contributed by atoms with van der Waals surface area (Å²) in [7, 11) is 0. The van der Waals surface area contributed by atoms with E-state index >= 15 is 0 Å². The molecule has 1 N–H and O–H groups in total. The zero-order valence-corrected chi connectivity index (χ0v) is 12.9. The highest BCUT2D eigenvalue weighted by molar-refractivity contribution is 5.94. The number of urea groups is 1. The van der Waals surface area contributed by atoms with E-state index < -0.39 is 0 Å². The Kier molecular flexibility index (Phi) is 4.99. The molecule has 1 aromatic carbocycles. The fourth-order valence-electron chi connectivity index (χ4n) is 2.36. The molecule has 116 valence electrons. The molecule has 0 spiro atoms. The van der Waals surface area contributed by atoms with Crippen LogP contribution in [0.5, 0.6) is 0 Å². The standard InChI is InChI=1S/C16H20N4O2/c1-12(2)18-16(22)20-8-6-19(7-9-20)15(21)14-5-3-4-13(10-14)11-17/h3-5,10,12H,6-9H2,1-2H3,(H,18,22). The molecule has 1 aliphatic rings. The third-order valence-corrected chi connectivity index (χ3v) is 3.50. The third kappa shape index (κ3) is 3.76. The summed E-state index contributed by atoms with van der Waals surface area (Å²) in [6.07, 6.45) is 0. The van der Waals surface area contributed by atoms with Gasteiger partial charge in [-0.25, -0.2) is 4.79 Å². The van der Waals surface area contributed by atoms with Gasteiger partial charge in [-0.15, -0.1) is 0 Å². The van der Waals surface area contributed by atoms with Crippen LogP contribution >= 0.6 is 0 Å². The van der Waals surface area contributed by atoms with E-state index in [1.165, 1.54) is 0 Å². The summed E-state index contributed by atoms with van der Waals surface area (Å²) in [5, 5.41) is 11.7. The average Bonchev–Trinajstić information content (AvgIpc) is 2.53. The van der Waals surface area contributed by atoms with Crippen LogP contribution in [0.3, 0.4) is 0 Å². The lowest BCUT2D eigenvalue weighted by atomic mass is 10.1. The first-order valence-corrected chi connectivity index (χ1v) is 7.36. The average molecular weight is 300 g/mol. The number of amides is 3. The van der Waals surface area contributed by atoms with Gasteiger partial charge in [-0.2, -0.15) is 5.26 Å². The Bertz CT molecular complexity index is 598. The van der Waals surface area contributed by atoms with E-state index in [0.717, 1.165) is 0 Å². The smallest absolute Gasteiger partial charge is 0.317 e. The molecule has 6 nitrogen and oxygen atoms in total. The van der Waals surface area contributed by atoms with Crippen molar-refractivity contribution in [2.24, 2.45) is 0 Å². The van der Waals surface area contributed by atoms with Crippen molar-refractivity contribution >= 4 is 11.9 Å². The van der Waals surface area contributed by atoms with E-state index in [1.807, 2.05) is 19.9 Å². The molecule has 0 aromatic heterocycles. The topological polar surface area (TPSA) is 76.4 Å². The van der Waals surface area contributed by atoms with Crippen LogP contribution in [0.1, 0.15) is 29.8 Å². The van der Waals surface area contributed by atoms with Gasteiger partial charge in [0.1, 0.15) is 0 Å². The maximum atomic E-state index is 12.4. The second-order valence-corrected chi connectivity index (χ2v) is 5.58. The number of carbonyl (C=O) groups is 2. The molecule has 1 saturated heterocycles. The van der Waals surface area contributed by atoms with Gasteiger partial charge < -0.3 is 15.1 Å². The molecule has 0 unspecified atom stereocenters. The molecular weight excluding hydrogens is 280 g/mol. The van der Waals surface area contributed by atoms with Crippen molar-refractivity contribution in [1.82, 2.24) is 15.1 Å². The Morgan fingerprint density at radius 2 is 1.82 bits per heavy atom. The highest BCUT2D eigenvalue weighted by Gasteiger charge is 2.25. The Morgan fingerprint density at radius 1 is 1.18 bits per heavy atom. The van der Waals surface area contributed by atoms with Gasteiger partial charge in [-0.05, 0) is 32.0 Å². The lowest BCUT2D eigenvalue weighted by Crippen LogP contribution is -2.54. The lowest BCUT2D eigenvalue weighted by molar-refractivity contribution is 0.0664. The van der Waals surface area contributed by atoms with Crippen LogP contribution < -0.4 is 5.32 Å². The summed E-state index contributed by atoms with van der Waals surface area (Å²) in [5.74, 6) is -0.0963. The Morgan fingerprint density at radius 3 is 2.41 bits per heavy atom. The quantitative estimate of drug-likeness (QED) is 0.897. The van der Waals surface area contributed by atoms with Crippen LogP contribution in [0, 0.1) is 11.3 Å². The van der Waals surface area contributed by atoms with Gasteiger partial charge in [-0.1, -0.05) is 6.07 Å². The number of rotatable bonds is 2. The third-order valence-electron chi connectivity index (χ3n) is 3.50. The van der Waals surface area contributed by atoms with Gasteiger partial charge in [0.05, 0.1) is 11.6 Å². The highest BCUT2D eigenvalue weighted by atomic mass is 16.2. The summed E-state index contributed by atoms with van der Waals surface area (Å²) in [5.41, 5.74) is 0.986. The van der Waals surface area contributed by atoms with Crippen molar-refractivity contribution in [3.05, 3.63) is 35.4 Å². The fourth-order valence-corrected chi connectivity index (χ4v) is 2.36. The highest BCUT2D eigenvalue weighted by Crippen LogP contribution is 2.11. The minimum Gasteiger partial charge on any atom is -0.336 e. The predicted molar refractivity (Wildman–Crippen MR) is 82.3 cm³/mol. The van der Waals surface area contributed by atoms with Crippen molar-refractivity contribution in [1.29, 1.82) is 5.26 Å². The Hall–Kier alpha value is -2.55. The first-order chi connectivity index (χ1) is 10.5. The van der Waals surface area contributed by atoms with E-state index in [4.69, 9.17) is 5.26 Å². The van der Waals surface area contributed by atoms with Crippen LogP contribution in [0.4, 0.5) is 4.79 Å². The number of hydrogen-bond donors (Lipinski definition) is 1. The fraction of sp³-hybridized carbons (Fsp3) is 0.438. The molecule has 6 heteroatoms. The van der Waals surface area contributed by atoms with E-state index in [0.29, 0.717) is 37.3 Å². The van der Waals surface area contributed by atoms with Gasteiger partial charge in [0.2, 0.25) is 0 Å². The molecule has 1 aliphatic heterocycles. The SMILES string of the molecule is CC(C)NC(=O)N1CCN(C(=O)c2cccc(C#N)c2)CC1. The first-order valence-electron chi connectivity index (χ1n) is 7.36. The summed E-state index contributed by atoms with van der Waals surface area (Å²) in [6, 6.07) is 8.73. The van der Waals surface area contributed by atoms with Crippen molar-refractivity contribution < 1.29 is 9.59 Å². The first kappa shape index (κ1) is 15.8. The number of hydrogen-bond acceptors (Lipinski definition) is 3. The number of nitrogens with one attached hydrogen (secondary N) is 1.